The molecule has 0 bridgehead atoms. The van der Waals surface area contributed by atoms with E-state index in [2.05, 4.69) is 43.2 Å². The lowest BCUT2D eigenvalue weighted by molar-refractivity contribution is -0.373. The smallest absolute Gasteiger partial charge is 0.381 e. The number of carbonyl (C=O) groups excluding carboxylic acids is 1. The minimum Gasteiger partial charge on any atom is -0.493 e. The summed E-state index contributed by atoms with van der Waals surface area (Å²) < 4.78 is 19.5. The third kappa shape index (κ3) is 7.76. The number of amides is 1. The highest BCUT2D eigenvalue weighted by atomic mass is 19.1. The molecule has 0 spiro atoms. The second-order valence-corrected chi connectivity index (χ2v) is 10.1. The van der Waals surface area contributed by atoms with Gasteiger partial charge in [0.1, 0.15) is 11.6 Å². The van der Waals surface area contributed by atoms with Gasteiger partial charge in [-0.2, -0.15) is 4.99 Å². The molecule has 178 valence electrons. The van der Waals surface area contributed by atoms with Crippen molar-refractivity contribution in [2.75, 3.05) is 13.2 Å². The van der Waals surface area contributed by atoms with Gasteiger partial charge in [-0.15, -0.1) is 0 Å². The van der Waals surface area contributed by atoms with Crippen molar-refractivity contribution in [1.29, 1.82) is 0 Å². The average Bonchev–Trinajstić information content (AvgIpc) is 2.73. The molecule has 1 heterocycles. The van der Waals surface area contributed by atoms with Crippen LogP contribution in [-0.4, -0.2) is 36.5 Å². The molecule has 3 N–H and O–H groups in total. The van der Waals surface area contributed by atoms with E-state index in [0.29, 0.717) is 19.6 Å². The Morgan fingerprint density at radius 2 is 2.06 bits per heavy atom. The highest BCUT2D eigenvalue weighted by molar-refractivity contribution is 5.68. The molecular formula is C27H36FN2O3+. The third-order valence-electron chi connectivity index (χ3n) is 5.78. The summed E-state index contributed by atoms with van der Waals surface area (Å²) in [4.78, 5) is 14.1. The summed E-state index contributed by atoms with van der Waals surface area (Å²) in [5.41, 5.74) is 3.33. The molecule has 1 aliphatic heterocycles. The Morgan fingerprint density at radius 1 is 1.27 bits per heavy atom. The molecule has 3 atom stereocenters. The maximum absolute atomic E-state index is 13.6. The Kier molecular flexibility index (Phi) is 8.38. The van der Waals surface area contributed by atoms with E-state index in [1.54, 1.807) is 12.3 Å². The molecule has 0 aromatic heterocycles. The molecule has 0 aliphatic carbocycles. The van der Waals surface area contributed by atoms with E-state index >= 15 is 0 Å². The van der Waals surface area contributed by atoms with Crippen LogP contribution in [0.25, 0.3) is 0 Å². The predicted molar refractivity (Wildman–Crippen MR) is 128 cm³/mol. The van der Waals surface area contributed by atoms with Crippen LogP contribution in [0.2, 0.25) is 0 Å². The first-order valence-corrected chi connectivity index (χ1v) is 11.6. The molecule has 6 heteroatoms. The van der Waals surface area contributed by atoms with Gasteiger partial charge in [-0.3, -0.25) is 0 Å². The molecular weight excluding hydrogens is 419 g/mol. The van der Waals surface area contributed by atoms with Crippen LogP contribution in [0.5, 0.6) is 5.75 Å². The number of hydrogen-bond donors (Lipinski definition) is 3. The zero-order chi connectivity index (χ0) is 24.0. The topological polar surface area (TPSA) is 72.5 Å². The highest BCUT2D eigenvalue weighted by Crippen LogP contribution is 2.34. The van der Waals surface area contributed by atoms with Gasteiger partial charge in [-0.25, -0.2) is 9.18 Å². The number of ether oxygens (including phenoxy) is 1. The zero-order valence-corrected chi connectivity index (χ0v) is 20.0. The SMILES string of the molecule is CC(=O)[NH+]=CC(Cc1cccc(F)c1)[C@H](O)CNC1CCOc2ccc(CC(C)(C)C)cc21. The first-order chi connectivity index (χ1) is 15.6. The Balaban J connectivity index is 1.71. The fourth-order valence-electron chi connectivity index (χ4n) is 4.26. The van der Waals surface area contributed by atoms with Gasteiger partial charge >= 0.3 is 5.91 Å². The van der Waals surface area contributed by atoms with E-state index in [-0.39, 0.29) is 29.1 Å². The minimum absolute atomic E-state index is 0.0684. The summed E-state index contributed by atoms with van der Waals surface area (Å²) in [5, 5.41) is 14.5. The lowest BCUT2D eigenvalue weighted by Crippen LogP contribution is -2.74. The fraction of sp³-hybridized carbons (Fsp3) is 0.481. The highest BCUT2D eigenvalue weighted by Gasteiger charge is 2.26. The molecule has 1 aliphatic rings. The van der Waals surface area contributed by atoms with Gasteiger partial charge in [0.15, 0.2) is 6.21 Å². The number of halogens is 1. The second kappa shape index (κ2) is 11.0. The monoisotopic (exact) mass is 455 g/mol. The van der Waals surface area contributed by atoms with E-state index in [9.17, 15) is 14.3 Å². The van der Waals surface area contributed by atoms with Crippen LogP contribution in [0.3, 0.4) is 0 Å². The average molecular weight is 456 g/mol. The quantitative estimate of drug-likeness (QED) is 0.536. The molecule has 5 nitrogen and oxygen atoms in total. The van der Waals surface area contributed by atoms with Gasteiger partial charge in [0.25, 0.3) is 0 Å². The van der Waals surface area contributed by atoms with Crippen molar-refractivity contribution < 1.29 is 24.0 Å². The summed E-state index contributed by atoms with van der Waals surface area (Å²) in [7, 11) is 0. The molecule has 1 amide bonds. The second-order valence-electron chi connectivity index (χ2n) is 10.1. The summed E-state index contributed by atoms with van der Waals surface area (Å²) in [6, 6.07) is 12.8. The van der Waals surface area contributed by atoms with Crippen molar-refractivity contribution in [3.8, 4) is 5.75 Å². The van der Waals surface area contributed by atoms with Crippen molar-refractivity contribution in [3.63, 3.8) is 0 Å². The van der Waals surface area contributed by atoms with Crippen LogP contribution in [0.1, 0.15) is 56.8 Å². The largest absolute Gasteiger partial charge is 0.493 e. The molecule has 0 saturated carbocycles. The summed E-state index contributed by atoms with van der Waals surface area (Å²) >= 11 is 0. The Morgan fingerprint density at radius 3 is 2.76 bits per heavy atom. The minimum atomic E-state index is -0.760. The van der Waals surface area contributed by atoms with Gasteiger partial charge in [-0.1, -0.05) is 45.0 Å². The fourth-order valence-corrected chi connectivity index (χ4v) is 4.26. The van der Waals surface area contributed by atoms with E-state index in [4.69, 9.17) is 4.74 Å². The van der Waals surface area contributed by atoms with Gasteiger partial charge in [0.05, 0.1) is 25.6 Å². The number of hydrogen-bond acceptors (Lipinski definition) is 4. The van der Waals surface area contributed by atoms with Crippen molar-refractivity contribution in [3.05, 3.63) is 65.0 Å². The number of aliphatic hydroxyl groups excluding tert-OH is 1. The summed E-state index contributed by atoms with van der Waals surface area (Å²) in [6.45, 7) is 9.04. The van der Waals surface area contributed by atoms with E-state index < -0.39 is 6.10 Å². The molecule has 2 aromatic carbocycles. The van der Waals surface area contributed by atoms with E-state index in [0.717, 1.165) is 29.7 Å². The van der Waals surface area contributed by atoms with Crippen LogP contribution in [0, 0.1) is 17.2 Å². The van der Waals surface area contributed by atoms with Gasteiger partial charge in [-0.05, 0) is 47.6 Å². The maximum Gasteiger partial charge on any atom is 0.381 e. The summed E-state index contributed by atoms with van der Waals surface area (Å²) in [5.74, 6) is -0.00541. The standard InChI is InChI=1S/C27H35FN2O3/c1-18(31)29-16-21(12-19-6-5-7-22(28)13-19)25(32)17-30-24-10-11-33-26-9-8-20(14-23(24)26)15-27(2,3)4/h5-9,13-14,16,21,24-25,30,32H,10-12,15,17H2,1-4H3/p+1/t21?,24?,25-/m1/s1. The molecule has 0 fully saturated rings. The zero-order valence-electron chi connectivity index (χ0n) is 20.0. The van der Waals surface area contributed by atoms with Gasteiger partial charge in [0, 0.05) is 24.6 Å². The van der Waals surface area contributed by atoms with Crippen LogP contribution in [-0.2, 0) is 17.6 Å². The molecule has 33 heavy (non-hydrogen) atoms. The van der Waals surface area contributed by atoms with Crippen molar-refractivity contribution in [1.82, 2.24) is 5.32 Å². The number of nitrogens with one attached hydrogen (secondary N) is 2. The van der Waals surface area contributed by atoms with E-state index in [1.807, 2.05) is 12.1 Å². The number of aliphatic hydroxyl groups is 1. The summed E-state index contributed by atoms with van der Waals surface area (Å²) in [6.07, 6.45) is 3.05. The lowest BCUT2D eigenvalue weighted by atomic mass is 9.86. The molecule has 2 unspecified atom stereocenters. The first kappa shape index (κ1) is 25.1. The van der Waals surface area contributed by atoms with Crippen molar-refractivity contribution >= 4 is 12.1 Å². The molecule has 0 saturated heterocycles. The Labute approximate surface area is 196 Å². The van der Waals surface area contributed by atoms with Crippen LogP contribution >= 0.6 is 0 Å². The van der Waals surface area contributed by atoms with Crippen molar-refractivity contribution in [2.45, 2.75) is 59.1 Å². The van der Waals surface area contributed by atoms with E-state index in [1.165, 1.54) is 24.6 Å². The lowest BCUT2D eigenvalue weighted by Gasteiger charge is -2.29. The van der Waals surface area contributed by atoms with Gasteiger partial charge < -0.3 is 15.2 Å². The van der Waals surface area contributed by atoms with Crippen LogP contribution in [0.4, 0.5) is 4.39 Å². The maximum atomic E-state index is 13.6. The molecule has 3 rings (SSSR count). The number of benzene rings is 2. The molecule has 2 aromatic rings. The van der Waals surface area contributed by atoms with Crippen molar-refractivity contribution in [2.24, 2.45) is 11.3 Å². The van der Waals surface area contributed by atoms with Gasteiger partial charge in [0.2, 0.25) is 0 Å². The van der Waals surface area contributed by atoms with Crippen LogP contribution < -0.4 is 15.0 Å². The Hall–Kier alpha value is -2.57. The third-order valence-corrected chi connectivity index (χ3v) is 5.78. The normalized spacial score (nSPS) is 17.9. The first-order valence-electron chi connectivity index (χ1n) is 11.6. The number of rotatable bonds is 8. The predicted octanol–water partition coefficient (Wildman–Crippen LogP) is 2.75. The number of fused-ring (bicyclic) bond motifs is 1. The van der Waals surface area contributed by atoms with Crippen LogP contribution in [0.15, 0.2) is 42.5 Å². The molecule has 0 radical (unpaired) electrons. The Bertz CT molecular complexity index is 984. The number of carbonyl (C=O) groups is 1.